The summed E-state index contributed by atoms with van der Waals surface area (Å²) >= 11 is 5.25. The summed E-state index contributed by atoms with van der Waals surface area (Å²) in [4.78, 5) is 27.0. The van der Waals surface area contributed by atoms with Crippen molar-refractivity contribution in [3.63, 3.8) is 0 Å². The molecule has 0 saturated carbocycles. The number of hydrogen-bond donors (Lipinski definition) is 1. The van der Waals surface area contributed by atoms with Crippen molar-refractivity contribution >= 4 is 51.7 Å². The molecular formula is C29H22N2O4S. The van der Waals surface area contributed by atoms with E-state index in [0.29, 0.717) is 29.4 Å². The molecule has 1 saturated heterocycles. The zero-order chi connectivity index (χ0) is 25.1. The Hall–Kier alpha value is -4.49. The fourth-order valence-corrected chi connectivity index (χ4v) is 4.23. The maximum atomic E-state index is 13.2. The number of amides is 2. The van der Waals surface area contributed by atoms with Crippen LogP contribution in [0.1, 0.15) is 11.1 Å². The van der Waals surface area contributed by atoms with E-state index in [0.717, 1.165) is 5.56 Å². The van der Waals surface area contributed by atoms with Crippen LogP contribution in [-0.2, 0) is 16.2 Å². The molecule has 178 valence electrons. The highest BCUT2D eigenvalue weighted by molar-refractivity contribution is 7.80. The molecule has 0 atom stereocenters. The van der Waals surface area contributed by atoms with Gasteiger partial charge in [-0.25, -0.2) is 0 Å². The molecule has 36 heavy (non-hydrogen) atoms. The lowest BCUT2D eigenvalue weighted by molar-refractivity contribution is -0.122. The van der Waals surface area contributed by atoms with Crippen LogP contribution in [0.3, 0.4) is 0 Å². The molecule has 0 aromatic heterocycles. The number of methoxy groups -OCH3 is 1. The molecule has 1 N–H and O–H groups in total. The van der Waals surface area contributed by atoms with E-state index in [1.54, 1.807) is 49.6 Å². The standard InChI is InChI=1S/C29H22N2O4S/c1-34-24-14-10-23(11-15-24)31-28(33)26(27(32)30-29(31)36)17-19-7-12-25(13-8-19)35-18-20-6-9-21-4-2-3-5-22(21)16-20/h2-17H,18H2,1H3,(H,30,32,36)/b26-17+. The van der Waals surface area contributed by atoms with Crippen molar-refractivity contribution in [2.45, 2.75) is 6.61 Å². The molecule has 2 amide bonds. The minimum absolute atomic E-state index is 0.00995. The van der Waals surface area contributed by atoms with Crippen molar-refractivity contribution < 1.29 is 19.1 Å². The van der Waals surface area contributed by atoms with Gasteiger partial charge < -0.3 is 9.47 Å². The number of nitrogens with one attached hydrogen (secondary N) is 1. The topological polar surface area (TPSA) is 67.9 Å². The van der Waals surface area contributed by atoms with Crippen molar-refractivity contribution in [1.29, 1.82) is 0 Å². The first-order valence-corrected chi connectivity index (χ1v) is 11.7. The predicted octanol–water partition coefficient (Wildman–Crippen LogP) is 5.26. The zero-order valence-corrected chi connectivity index (χ0v) is 20.2. The van der Waals surface area contributed by atoms with Gasteiger partial charge in [0.2, 0.25) is 0 Å². The van der Waals surface area contributed by atoms with Crippen LogP contribution in [0.2, 0.25) is 0 Å². The van der Waals surface area contributed by atoms with E-state index >= 15 is 0 Å². The lowest BCUT2D eigenvalue weighted by Crippen LogP contribution is -2.54. The smallest absolute Gasteiger partial charge is 0.270 e. The first kappa shape index (κ1) is 23.3. The maximum Gasteiger partial charge on any atom is 0.270 e. The number of carbonyl (C=O) groups excluding carboxylic acids is 2. The molecular weight excluding hydrogens is 472 g/mol. The van der Waals surface area contributed by atoms with Crippen molar-refractivity contribution in [2.24, 2.45) is 0 Å². The Kier molecular flexibility index (Phi) is 6.47. The predicted molar refractivity (Wildman–Crippen MR) is 144 cm³/mol. The molecule has 4 aromatic carbocycles. The first-order valence-electron chi connectivity index (χ1n) is 11.3. The van der Waals surface area contributed by atoms with E-state index in [2.05, 4.69) is 29.6 Å². The Morgan fingerprint density at radius 1 is 0.861 bits per heavy atom. The molecule has 0 aliphatic carbocycles. The summed E-state index contributed by atoms with van der Waals surface area (Å²) in [5.74, 6) is 0.305. The highest BCUT2D eigenvalue weighted by atomic mass is 32.1. The fraction of sp³-hybridized carbons (Fsp3) is 0.0690. The summed E-state index contributed by atoms with van der Waals surface area (Å²) in [5, 5.41) is 4.98. The van der Waals surface area contributed by atoms with E-state index in [-0.39, 0.29) is 10.7 Å². The molecule has 1 aliphatic rings. The Labute approximate surface area is 213 Å². The minimum atomic E-state index is -0.536. The quantitative estimate of drug-likeness (QED) is 0.225. The number of thiocarbonyl (C=S) groups is 1. The maximum absolute atomic E-state index is 13.2. The van der Waals surface area contributed by atoms with E-state index in [4.69, 9.17) is 21.7 Å². The summed E-state index contributed by atoms with van der Waals surface area (Å²) in [7, 11) is 1.56. The van der Waals surface area contributed by atoms with Crippen molar-refractivity contribution in [1.82, 2.24) is 5.32 Å². The highest BCUT2D eigenvalue weighted by Gasteiger charge is 2.34. The van der Waals surface area contributed by atoms with Crippen LogP contribution in [0.15, 0.2) is 96.6 Å². The van der Waals surface area contributed by atoms with Gasteiger partial charge in [-0.2, -0.15) is 0 Å². The number of carbonyl (C=O) groups is 2. The molecule has 1 heterocycles. The third-order valence-corrected chi connectivity index (χ3v) is 6.13. The highest BCUT2D eigenvalue weighted by Crippen LogP contribution is 2.25. The Morgan fingerprint density at radius 3 is 2.28 bits per heavy atom. The van der Waals surface area contributed by atoms with Gasteiger partial charge in [0.25, 0.3) is 11.8 Å². The number of anilines is 1. The molecule has 0 unspecified atom stereocenters. The van der Waals surface area contributed by atoms with Gasteiger partial charge in [-0.15, -0.1) is 0 Å². The zero-order valence-electron chi connectivity index (χ0n) is 19.4. The summed E-state index contributed by atoms with van der Waals surface area (Å²) in [6.45, 7) is 0.431. The second-order valence-electron chi connectivity index (χ2n) is 8.20. The van der Waals surface area contributed by atoms with Gasteiger partial charge in [-0.1, -0.05) is 48.5 Å². The van der Waals surface area contributed by atoms with Crippen LogP contribution in [0.5, 0.6) is 11.5 Å². The molecule has 0 spiro atoms. The molecule has 1 fully saturated rings. The van der Waals surface area contributed by atoms with Gasteiger partial charge in [0, 0.05) is 0 Å². The monoisotopic (exact) mass is 494 g/mol. The average Bonchev–Trinajstić information content (AvgIpc) is 2.90. The lowest BCUT2D eigenvalue weighted by atomic mass is 10.1. The van der Waals surface area contributed by atoms with Crippen molar-refractivity contribution in [3.8, 4) is 11.5 Å². The van der Waals surface area contributed by atoms with E-state index in [9.17, 15) is 9.59 Å². The molecule has 4 aromatic rings. The molecule has 1 aliphatic heterocycles. The van der Waals surface area contributed by atoms with Crippen LogP contribution in [0.25, 0.3) is 16.8 Å². The molecule has 5 rings (SSSR count). The second-order valence-corrected chi connectivity index (χ2v) is 8.58. The number of nitrogens with zero attached hydrogens (tertiary/aromatic N) is 1. The SMILES string of the molecule is COc1ccc(N2C(=O)/C(=C/c3ccc(OCc4ccc5ccccc5c4)cc3)C(=O)NC2=S)cc1. The summed E-state index contributed by atoms with van der Waals surface area (Å²) < 4.78 is 11.1. The minimum Gasteiger partial charge on any atom is -0.497 e. The van der Waals surface area contributed by atoms with Crippen LogP contribution in [0.4, 0.5) is 5.69 Å². The second kappa shape index (κ2) is 10.0. The summed E-state index contributed by atoms with van der Waals surface area (Å²) in [5.41, 5.74) is 2.28. The number of ether oxygens (including phenoxy) is 2. The van der Waals surface area contributed by atoms with Crippen molar-refractivity contribution in [2.75, 3.05) is 12.0 Å². The Bertz CT molecular complexity index is 1490. The van der Waals surface area contributed by atoms with Gasteiger partial charge in [-0.05, 0) is 82.7 Å². The normalized spacial score (nSPS) is 14.8. The summed E-state index contributed by atoms with van der Waals surface area (Å²) in [6.07, 6.45) is 1.54. The Morgan fingerprint density at radius 2 is 1.56 bits per heavy atom. The van der Waals surface area contributed by atoms with Crippen LogP contribution >= 0.6 is 12.2 Å². The fourth-order valence-electron chi connectivity index (χ4n) is 3.95. The van der Waals surface area contributed by atoms with Gasteiger partial charge in [0.05, 0.1) is 12.8 Å². The van der Waals surface area contributed by atoms with E-state index < -0.39 is 11.8 Å². The molecule has 7 heteroatoms. The largest absolute Gasteiger partial charge is 0.497 e. The first-order chi connectivity index (χ1) is 17.5. The van der Waals surface area contributed by atoms with E-state index in [1.165, 1.54) is 15.7 Å². The number of rotatable bonds is 6. The Balaban J connectivity index is 1.30. The molecule has 0 bridgehead atoms. The van der Waals surface area contributed by atoms with Gasteiger partial charge in [0.1, 0.15) is 23.7 Å². The van der Waals surface area contributed by atoms with Gasteiger partial charge >= 0.3 is 0 Å². The summed E-state index contributed by atoms with van der Waals surface area (Å²) in [6, 6.07) is 28.5. The third-order valence-electron chi connectivity index (χ3n) is 5.84. The van der Waals surface area contributed by atoms with E-state index in [1.807, 2.05) is 30.3 Å². The number of fused-ring (bicyclic) bond motifs is 1. The van der Waals surface area contributed by atoms with Crippen LogP contribution in [0, 0.1) is 0 Å². The van der Waals surface area contributed by atoms with Gasteiger partial charge in [0.15, 0.2) is 5.11 Å². The average molecular weight is 495 g/mol. The van der Waals surface area contributed by atoms with Crippen LogP contribution in [-0.4, -0.2) is 24.0 Å². The third kappa shape index (κ3) is 4.82. The lowest BCUT2D eigenvalue weighted by Gasteiger charge is -2.29. The van der Waals surface area contributed by atoms with Gasteiger partial charge in [-0.3, -0.25) is 19.8 Å². The molecule has 6 nitrogen and oxygen atoms in total. The molecule has 0 radical (unpaired) electrons. The van der Waals surface area contributed by atoms with Crippen LogP contribution < -0.4 is 19.7 Å². The number of benzene rings is 4. The number of hydrogen-bond acceptors (Lipinski definition) is 5. The van der Waals surface area contributed by atoms with Crippen molar-refractivity contribution in [3.05, 3.63) is 108 Å².